The minimum Gasteiger partial charge on any atom is -0.367 e. The van der Waals surface area contributed by atoms with Crippen molar-refractivity contribution < 1.29 is 18.4 Å². The average molecular weight is 435 g/mol. The van der Waals surface area contributed by atoms with Crippen LogP contribution < -0.4 is 9.80 Å². The molecule has 6 nitrogen and oxygen atoms in total. The van der Waals surface area contributed by atoms with Crippen LogP contribution >= 0.6 is 11.6 Å². The zero-order valence-corrected chi connectivity index (χ0v) is 17.0. The molecule has 2 aliphatic rings. The lowest BCUT2D eigenvalue weighted by atomic mass is 10.2. The van der Waals surface area contributed by atoms with E-state index in [4.69, 9.17) is 11.6 Å². The fraction of sp³-hybridized carbons (Fsp3) is 0.333. The molecule has 0 aliphatic carbocycles. The van der Waals surface area contributed by atoms with Crippen LogP contribution in [-0.4, -0.2) is 67.6 Å². The minimum atomic E-state index is -1.01. The summed E-state index contributed by atoms with van der Waals surface area (Å²) >= 11 is 6.25. The van der Waals surface area contributed by atoms with Crippen molar-refractivity contribution in [1.82, 2.24) is 9.80 Å². The smallest absolute Gasteiger partial charge is 0.325 e. The van der Waals surface area contributed by atoms with E-state index in [1.54, 1.807) is 4.90 Å². The fourth-order valence-corrected chi connectivity index (χ4v) is 4.05. The Kier molecular flexibility index (Phi) is 5.76. The number of piperazine rings is 1. The standard InChI is InChI=1S/C21H21ClF2N4O2/c22-16-3-1-2-4-19(16)25-7-9-26(10-8-25)20(29)14-27-11-12-28(21(27)30)15-5-6-17(23)18(24)13-15/h1-6,13H,7-12,14H2. The van der Waals surface area contributed by atoms with Crippen LogP contribution in [0.3, 0.4) is 0 Å². The Hall–Kier alpha value is -2.87. The third-order valence-corrected chi connectivity index (χ3v) is 5.78. The van der Waals surface area contributed by atoms with E-state index in [1.165, 1.54) is 15.9 Å². The molecule has 2 fully saturated rings. The number of amides is 3. The maximum atomic E-state index is 13.5. The summed E-state index contributed by atoms with van der Waals surface area (Å²) in [7, 11) is 0. The fourth-order valence-electron chi connectivity index (χ4n) is 3.79. The number of halogens is 3. The Morgan fingerprint density at radius 2 is 1.67 bits per heavy atom. The lowest BCUT2D eigenvalue weighted by Crippen LogP contribution is -2.51. The molecule has 9 heteroatoms. The van der Waals surface area contributed by atoms with Gasteiger partial charge in [-0.1, -0.05) is 23.7 Å². The highest BCUT2D eigenvalue weighted by Gasteiger charge is 2.33. The molecule has 158 valence electrons. The van der Waals surface area contributed by atoms with Gasteiger partial charge in [-0.3, -0.25) is 9.69 Å². The minimum absolute atomic E-state index is 0.0366. The molecule has 2 heterocycles. The van der Waals surface area contributed by atoms with E-state index in [9.17, 15) is 18.4 Å². The predicted octanol–water partition coefficient (Wildman–Crippen LogP) is 3.21. The summed E-state index contributed by atoms with van der Waals surface area (Å²) in [4.78, 5) is 32.0. The summed E-state index contributed by atoms with van der Waals surface area (Å²) in [6.07, 6.45) is 0. The Morgan fingerprint density at radius 1 is 0.933 bits per heavy atom. The first-order chi connectivity index (χ1) is 14.4. The quantitative estimate of drug-likeness (QED) is 0.742. The molecule has 0 N–H and O–H groups in total. The van der Waals surface area contributed by atoms with Gasteiger partial charge in [-0.15, -0.1) is 0 Å². The Labute approximate surface area is 178 Å². The van der Waals surface area contributed by atoms with E-state index in [2.05, 4.69) is 4.90 Å². The second-order valence-electron chi connectivity index (χ2n) is 7.27. The van der Waals surface area contributed by atoms with Crippen LogP contribution in [0, 0.1) is 11.6 Å². The molecular weight excluding hydrogens is 414 g/mol. The van der Waals surface area contributed by atoms with Crippen molar-refractivity contribution in [1.29, 1.82) is 0 Å². The van der Waals surface area contributed by atoms with Crippen molar-refractivity contribution in [2.24, 2.45) is 0 Å². The molecule has 0 atom stereocenters. The summed E-state index contributed by atoms with van der Waals surface area (Å²) in [5.74, 6) is -2.10. The lowest BCUT2D eigenvalue weighted by molar-refractivity contribution is -0.131. The molecule has 2 saturated heterocycles. The van der Waals surface area contributed by atoms with E-state index in [-0.39, 0.29) is 24.2 Å². The van der Waals surface area contributed by atoms with Crippen molar-refractivity contribution in [2.45, 2.75) is 0 Å². The van der Waals surface area contributed by atoms with Gasteiger partial charge in [0.1, 0.15) is 6.54 Å². The van der Waals surface area contributed by atoms with Crippen molar-refractivity contribution in [2.75, 3.05) is 55.6 Å². The molecule has 2 aliphatic heterocycles. The number of anilines is 2. The van der Waals surface area contributed by atoms with Crippen LogP contribution in [-0.2, 0) is 4.79 Å². The first kappa shape index (κ1) is 20.4. The first-order valence-electron chi connectivity index (χ1n) is 9.73. The van der Waals surface area contributed by atoms with Gasteiger partial charge in [0.15, 0.2) is 11.6 Å². The molecule has 0 saturated carbocycles. The molecule has 30 heavy (non-hydrogen) atoms. The molecule has 2 aromatic rings. The summed E-state index contributed by atoms with van der Waals surface area (Å²) in [5.41, 5.74) is 1.23. The van der Waals surface area contributed by atoms with Gasteiger partial charge in [-0.05, 0) is 24.3 Å². The number of hydrogen-bond donors (Lipinski definition) is 0. The predicted molar refractivity (Wildman–Crippen MR) is 111 cm³/mol. The van der Waals surface area contributed by atoms with E-state index in [0.29, 0.717) is 44.3 Å². The van der Waals surface area contributed by atoms with Gasteiger partial charge in [0.25, 0.3) is 0 Å². The number of carbonyl (C=O) groups is 2. The SMILES string of the molecule is O=C(CN1CCN(c2ccc(F)c(F)c2)C1=O)N1CCN(c2ccccc2Cl)CC1. The Morgan fingerprint density at radius 3 is 2.37 bits per heavy atom. The largest absolute Gasteiger partial charge is 0.367 e. The molecule has 0 unspecified atom stereocenters. The zero-order chi connectivity index (χ0) is 21.3. The zero-order valence-electron chi connectivity index (χ0n) is 16.2. The van der Waals surface area contributed by atoms with Crippen LogP contribution in [0.5, 0.6) is 0 Å². The Balaban J connectivity index is 1.33. The molecule has 4 rings (SSSR count). The van der Waals surface area contributed by atoms with Crippen molar-refractivity contribution >= 4 is 34.9 Å². The molecule has 3 amide bonds. The highest BCUT2D eigenvalue weighted by molar-refractivity contribution is 6.33. The second kappa shape index (κ2) is 8.47. The number of carbonyl (C=O) groups excluding carboxylic acids is 2. The molecule has 2 aromatic carbocycles. The highest BCUT2D eigenvalue weighted by atomic mass is 35.5. The molecule has 0 aromatic heterocycles. The average Bonchev–Trinajstić information content (AvgIpc) is 3.11. The third-order valence-electron chi connectivity index (χ3n) is 5.46. The van der Waals surface area contributed by atoms with Gasteiger partial charge < -0.3 is 14.7 Å². The molecule has 0 bridgehead atoms. The number of hydrogen-bond acceptors (Lipinski definition) is 3. The molecule has 0 spiro atoms. The van der Waals surface area contributed by atoms with Gasteiger partial charge in [-0.25, -0.2) is 13.6 Å². The topological polar surface area (TPSA) is 47.1 Å². The number of nitrogens with zero attached hydrogens (tertiary/aromatic N) is 4. The summed E-state index contributed by atoms with van der Waals surface area (Å²) in [5, 5.41) is 0.678. The number of rotatable bonds is 4. The third kappa shape index (κ3) is 4.05. The van der Waals surface area contributed by atoms with Crippen LogP contribution in [0.1, 0.15) is 0 Å². The van der Waals surface area contributed by atoms with Crippen molar-refractivity contribution in [3.8, 4) is 0 Å². The van der Waals surface area contributed by atoms with Gasteiger partial charge in [0.2, 0.25) is 5.91 Å². The number of urea groups is 1. The van der Waals surface area contributed by atoms with Gasteiger partial charge in [0, 0.05) is 51.0 Å². The second-order valence-corrected chi connectivity index (χ2v) is 7.68. The van der Waals surface area contributed by atoms with Crippen LogP contribution in [0.2, 0.25) is 5.02 Å². The van der Waals surface area contributed by atoms with Crippen LogP contribution in [0.15, 0.2) is 42.5 Å². The molecule has 0 radical (unpaired) electrons. The van der Waals surface area contributed by atoms with E-state index >= 15 is 0 Å². The Bertz CT molecular complexity index is 966. The number of benzene rings is 2. The normalized spacial score (nSPS) is 17.1. The van der Waals surface area contributed by atoms with Crippen LogP contribution in [0.25, 0.3) is 0 Å². The summed E-state index contributed by atoms with van der Waals surface area (Å²) in [6.45, 7) is 3.03. The lowest BCUT2D eigenvalue weighted by Gasteiger charge is -2.37. The summed E-state index contributed by atoms with van der Waals surface area (Å²) in [6, 6.07) is 10.6. The van der Waals surface area contributed by atoms with E-state index in [0.717, 1.165) is 17.8 Å². The van der Waals surface area contributed by atoms with Gasteiger partial charge in [-0.2, -0.15) is 0 Å². The molecular formula is C21H21ClF2N4O2. The van der Waals surface area contributed by atoms with Crippen molar-refractivity contribution in [3.05, 3.63) is 59.1 Å². The van der Waals surface area contributed by atoms with Crippen LogP contribution in [0.4, 0.5) is 25.0 Å². The maximum Gasteiger partial charge on any atom is 0.325 e. The summed E-state index contributed by atoms with van der Waals surface area (Å²) < 4.78 is 26.6. The first-order valence-corrected chi connectivity index (χ1v) is 10.1. The van der Waals surface area contributed by atoms with Gasteiger partial charge >= 0.3 is 6.03 Å². The van der Waals surface area contributed by atoms with Gasteiger partial charge in [0.05, 0.1) is 10.7 Å². The highest BCUT2D eigenvalue weighted by Crippen LogP contribution is 2.26. The van der Waals surface area contributed by atoms with E-state index < -0.39 is 11.6 Å². The van der Waals surface area contributed by atoms with Crippen molar-refractivity contribution in [3.63, 3.8) is 0 Å². The van der Waals surface area contributed by atoms with E-state index in [1.807, 2.05) is 24.3 Å². The maximum absolute atomic E-state index is 13.5. The number of para-hydroxylation sites is 1. The monoisotopic (exact) mass is 434 g/mol.